The van der Waals surface area contributed by atoms with Crippen LogP contribution in [0.2, 0.25) is 0 Å². The molecule has 2 aliphatic rings. The Labute approximate surface area is 285 Å². The predicted molar refractivity (Wildman–Crippen MR) is 187 cm³/mol. The number of fused-ring (bicyclic) bond motifs is 1. The van der Waals surface area contributed by atoms with Crippen LogP contribution in [0.25, 0.3) is 11.3 Å². The van der Waals surface area contributed by atoms with E-state index in [1.807, 2.05) is 12.1 Å². The van der Waals surface area contributed by atoms with Crippen molar-refractivity contribution >= 4 is 35.2 Å². The molecule has 49 heavy (non-hydrogen) atoms. The maximum Gasteiger partial charge on any atom is 0.290 e. The van der Waals surface area contributed by atoms with Crippen molar-refractivity contribution in [2.45, 2.75) is 51.9 Å². The first kappa shape index (κ1) is 33.7. The van der Waals surface area contributed by atoms with Gasteiger partial charge >= 0.3 is 0 Å². The molecule has 11 heteroatoms. The van der Waals surface area contributed by atoms with Crippen LogP contribution in [0.3, 0.4) is 0 Å². The summed E-state index contributed by atoms with van der Waals surface area (Å²) in [5.74, 6) is 0.548. The third kappa shape index (κ3) is 7.17. The highest BCUT2D eigenvalue weighted by atomic mass is 16.5. The van der Waals surface area contributed by atoms with E-state index < -0.39 is 5.56 Å². The normalized spacial score (nSPS) is 16.9. The molecule has 1 atom stereocenters. The van der Waals surface area contributed by atoms with Crippen molar-refractivity contribution in [3.05, 3.63) is 93.4 Å². The van der Waals surface area contributed by atoms with Crippen LogP contribution in [0, 0.1) is 5.92 Å². The van der Waals surface area contributed by atoms with Crippen LogP contribution in [-0.4, -0.2) is 59.1 Å². The van der Waals surface area contributed by atoms with Crippen LogP contribution in [0.4, 0.5) is 17.2 Å². The van der Waals surface area contributed by atoms with Gasteiger partial charge in [-0.1, -0.05) is 45.4 Å². The van der Waals surface area contributed by atoms with Gasteiger partial charge in [0.2, 0.25) is 0 Å². The van der Waals surface area contributed by atoms with Gasteiger partial charge in [0.05, 0.1) is 23.5 Å². The molecule has 0 saturated carbocycles. The number of pyridine rings is 1. The van der Waals surface area contributed by atoms with Gasteiger partial charge in [-0.2, -0.15) is 5.10 Å². The van der Waals surface area contributed by atoms with Gasteiger partial charge in [0.25, 0.3) is 11.5 Å². The van der Waals surface area contributed by atoms with Gasteiger partial charge in [-0.3, -0.25) is 19.2 Å². The average Bonchev–Trinajstić information content (AvgIpc) is 3.23. The Hall–Kier alpha value is -5.16. The van der Waals surface area contributed by atoms with Crippen molar-refractivity contribution in [3.8, 4) is 17.0 Å². The maximum atomic E-state index is 13.9. The smallest absolute Gasteiger partial charge is 0.290 e. The predicted octanol–water partition coefficient (Wildman–Crippen LogP) is 6.12. The topological polar surface area (TPSA) is 133 Å². The van der Waals surface area contributed by atoms with Crippen molar-refractivity contribution in [1.29, 1.82) is 0 Å². The number of nitrogens with one attached hydrogen (secondary N) is 1. The molecule has 1 unspecified atom stereocenters. The zero-order chi connectivity index (χ0) is 34.7. The molecule has 2 aromatic heterocycles. The molecule has 0 radical (unpaired) electrons. The minimum atomic E-state index is -0.407. The summed E-state index contributed by atoms with van der Waals surface area (Å²) in [6, 6.07) is 15.7. The number of ether oxygens (including phenoxy) is 2. The van der Waals surface area contributed by atoms with E-state index in [4.69, 9.17) is 9.47 Å². The van der Waals surface area contributed by atoms with E-state index in [1.165, 1.54) is 17.9 Å². The minimum Gasteiger partial charge on any atom is -0.491 e. The van der Waals surface area contributed by atoms with Gasteiger partial charge in [0.1, 0.15) is 23.9 Å². The van der Waals surface area contributed by atoms with Crippen LogP contribution >= 0.6 is 0 Å². The molecule has 2 aliphatic heterocycles. The van der Waals surface area contributed by atoms with E-state index >= 15 is 0 Å². The van der Waals surface area contributed by atoms with Gasteiger partial charge in [0, 0.05) is 49.1 Å². The molecule has 1 saturated heterocycles. The first-order valence-electron chi connectivity index (χ1n) is 16.7. The zero-order valence-corrected chi connectivity index (χ0v) is 28.3. The number of carbonyl (C=O) groups is 3. The molecule has 1 fully saturated rings. The molecule has 4 aromatic rings. The number of carbonyl (C=O) groups excluding carboxylic acids is 3. The second-order valence-electron chi connectivity index (χ2n) is 13.5. The Bertz CT molecular complexity index is 1940. The summed E-state index contributed by atoms with van der Waals surface area (Å²) >= 11 is 0. The molecule has 1 amide bonds. The molecule has 6 rings (SSSR count). The van der Waals surface area contributed by atoms with Crippen LogP contribution in [-0.2, 0) is 17.2 Å². The lowest BCUT2D eigenvalue weighted by molar-refractivity contribution is 0.0753. The number of hydrogen-bond acceptors (Lipinski definition) is 9. The number of aldehydes is 1. The molecule has 0 bridgehead atoms. The SMILES string of the molecule is Cn1nc(-c2cccc(N3CCOc4cc(C(C)(C)C)ccc4C3=O)c2C=O)cc(Nc2ccc(C(=O)C3CCCCOCC3)cn2)c1=O. The van der Waals surface area contributed by atoms with Crippen molar-refractivity contribution in [3.63, 3.8) is 0 Å². The van der Waals surface area contributed by atoms with Crippen LogP contribution in [0.1, 0.15) is 83.1 Å². The summed E-state index contributed by atoms with van der Waals surface area (Å²) < 4.78 is 12.8. The highest BCUT2D eigenvalue weighted by molar-refractivity contribution is 6.11. The molecule has 1 N–H and O–H groups in total. The number of anilines is 3. The molecule has 0 spiro atoms. The lowest BCUT2D eigenvalue weighted by Crippen LogP contribution is -2.33. The molecule has 11 nitrogen and oxygen atoms in total. The number of amides is 1. The van der Waals surface area contributed by atoms with E-state index in [2.05, 4.69) is 36.2 Å². The molecule has 0 aliphatic carbocycles. The molecular weight excluding hydrogens is 622 g/mol. The average molecular weight is 664 g/mol. The van der Waals surface area contributed by atoms with Crippen LogP contribution in [0.5, 0.6) is 5.75 Å². The first-order valence-corrected chi connectivity index (χ1v) is 16.7. The Kier molecular flexibility index (Phi) is 9.73. The molecular formula is C38H41N5O6. The summed E-state index contributed by atoms with van der Waals surface area (Å²) in [5.41, 5.74) is 3.09. The fraction of sp³-hybridized carbons (Fsp3) is 0.368. The number of rotatable bonds is 7. The summed E-state index contributed by atoms with van der Waals surface area (Å²) in [5, 5.41) is 7.51. The quantitative estimate of drug-likeness (QED) is 0.183. The third-order valence-electron chi connectivity index (χ3n) is 9.11. The van der Waals surface area contributed by atoms with E-state index in [0.717, 1.165) is 31.4 Å². The Morgan fingerprint density at radius 3 is 2.57 bits per heavy atom. The van der Waals surface area contributed by atoms with Gasteiger partial charge in [-0.25, -0.2) is 9.67 Å². The van der Waals surface area contributed by atoms with Gasteiger partial charge in [-0.05, 0) is 66.6 Å². The number of aromatic nitrogens is 3. The zero-order valence-electron chi connectivity index (χ0n) is 28.3. The van der Waals surface area contributed by atoms with E-state index in [1.54, 1.807) is 47.4 Å². The third-order valence-corrected chi connectivity index (χ3v) is 9.11. The summed E-state index contributed by atoms with van der Waals surface area (Å²) in [7, 11) is 1.52. The second-order valence-corrected chi connectivity index (χ2v) is 13.5. The van der Waals surface area contributed by atoms with Gasteiger partial charge in [-0.15, -0.1) is 0 Å². The number of nitrogens with zero attached hydrogens (tertiary/aromatic N) is 4. The van der Waals surface area contributed by atoms with Crippen LogP contribution in [0.15, 0.2) is 65.6 Å². The summed E-state index contributed by atoms with van der Waals surface area (Å²) in [6.45, 7) is 8.08. The van der Waals surface area contributed by atoms with Crippen molar-refractivity contribution in [2.75, 3.05) is 36.6 Å². The second kappa shape index (κ2) is 14.1. The Morgan fingerprint density at radius 1 is 0.980 bits per heavy atom. The number of aryl methyl sites for hydroxylation is 1. The largest absolute Gasteiger partial charge is 0.491 e. The van der Waals surface area contributed by atoms with Crippen molar-refractivity contribution in [2.24, 2.45) is 13.0 Å². The van der Waals surface area contributed by atoms with Gasteiger partial charge in [0.15, 0.2) is 12.1 Å². The van der Waals surface area contributed by atoms with Crippen LogP contribution < -0.4 is 20.5 Å². The molecule has 4 heterocycles. The highest BCUT2D eigenvalue weighted by Gasteiger charge is 2.29. The first-order chi connectivity index (χ1) is 23.5. The van der Waals surface area contributed by atoms with E-state index in [9.17, 15) is 19.2 Å². The lowest BCUT2D eigenvalue weighted by atomic mass is 9.86. The van der Waals surface area contributed by atoms with Gasteiger partial charge < -0.3 is 19.7 Å². The fourth-order valence-corrected chi connectivity index (χ4v) is 6.29. The highest BCUT2D eigenvalue weighted by Crippen LogP contribution is 2.35. The fourth-order valence-electron chi connectivity index (χ4n) is 6.29. The number of Topliss-reactive ketones (excluding diaryl/α,β-unsaturated/α-hetero) is 1. The summed E-state index contributed by atoms with van der Waals surface area (Å²) in [4.78, 5) is 58.9. The van der Waals surface area contributed by atoms with Crippen molar-refractivity contribution < 1.29 is 23.9 Å². The standard InChI is InChI=1S/C38H41N5O6/c1-38(2,3)26-12-13-28-33(20-26)49-19-16-43(36(28)46)32-10-7-9-27(29(32)23-44)30-21-31(37(47)42(4)41-30)40-34-14-11-25(22-39-34)35(45)24-8-5-6-17-48-18-15-24/h7,9-14,20-24H,5-6,8,15-19H2,1-4H3,(H,39,40). The number of benzene rings is 2. The van der Waals surface area contributed by atoms with Crippen molar-refractivity contribution in [1.82, 2.24) is 14.8 Å². The van der Waals surface area contributed by atoms with E-state index in [0.29, 0.717) is 59.0 Å². The Balaban J connectivity index is 1.28. The Morgan fingerprint density at radius 2 is 1.82 bits per heavy atom. The summed E-state index contributed by atoms with van der Waals surface area (Å²) in [6.07, 6.45) is 5.63. The lowest BCUT2D eigenvalue weighted by Gasteiger charge is -2.23. The number of hydrogen-bond donors (Lipinski definition) is 1. The maximum absolute atomic E-state index is 13.9. The minimum absolute atomic E-state index is 0.0422. The van der Waals surface area contributed by atoms with E-state index in [-0.39, 0.29) is 47.4 Å². The molecule has 254 valence electrons. The molecule has 2 aromatic carbocycles. The number of ketones is 1. The monoisotopic (exact) mass is 663 g/mol.